The molecule has 2 aromatic heterocycles. The number of aliphatic carboxylic acids is 1. The minimum atomic E-state index is -5.08. The Balaban J connectivity index is 0.000000406. The molecule has 1 fully saturated rings. The van der Waals surface area contributed by atoms with Gasteiger partial charge in [0.15, 0.2) is 5.65 Å². The lowest BCUT2D eigenvalue weighted by Crippen LogP contribution is -2.30. The van der Waals surface area contributed by atoms with Crippen LogP contribution in [0.5, 0.6) is 0 Å². The van der Waals surface area contributed by atoms with Crippen molar-refractivity contribution in [1.82, 2.24) is 24.8 Å². The number of pyridine rings is 1. The van der Waals surface area contributed by atoms with Gasteiger partial charge in [0.05, 0.1) is 5.56 Å². The van der Waals surface area contributed by atoms with Crippen molar-refractivity contribution >= 4 is 17.5 Å². The predicted octanol–water partition coefficient (Wildman–Crippen LogP) is 3.49. The molecule has 0 radical (unpaired) electrons. The van der Waals surface area contributed by atoms with E-state index >= 15 is 0 Å². The summed E-state index contributed by atoms with van der Waals surface area (Å²) in [4.78, 5) is 23.7. The van der Waals surface area contributed by atoms with E-state index in [9.17, 15) is 18.0 Å². The predicted molar refractivity (Wildman–Crippen MR) is 118 cm³/mol. The second kappa shape index (κ2) is 10.6. The SMILES string of the molecule is CC(C)NC(=O)c1ccc2nnc(C3CCN(Cc4ccccc4)C3)n2c1.O=C(O)C(F)(F)F. The lowest BCUT2D eigenvalue weighted by molar-refractivity contribution is -0.192. The Morgan fingerprint density at radius 1 is 1.15 bits per heavy atom. The first-order valence-corrected chi connectivity index (χ1v) is 10.8. The number of carboxylic acid groups (broad SMARTS) is 1. The minimum Gasteiger partial charge on any atom is -0.475 e. The van der Waals surface area contributed by atoms with E-state index in [1.165, 1.54) is 5.56 Å². The number of carbonyl (C=O) groups excluding carboxylic acids is 1. The van der Waals surface area contributed by atoms with Gasteiger partial charge in [0.2, 0.25) is 0 Å². The highest BCUT2D eigenvalue weighted by Gasteiger charge is 2.38. The standard InChI is InChI=1S/C21H25N5O.C2HF3O2/c1-15(2)22-21(27)18-8-9-19-23-24-20(26(19)14-18)17-10-11-25(13-17)12-16-6-4-3-5-7-16;3-2(4,5)1(6)7/h3-9,14-15,17H,10-13H2,1-2H3,(H,22,27);(H,6,7). The maximum atomic E-state index is 12.3. The molecule has 1 unspecified atom stereocenters. The van der Waals surface area contributed by atoms with E-state index in [0.717, 1.165) is 37.5 Å². The number of amides is 1. The Morgan fingerprint density at radius 3 is 2.44 bits per heavy atom. The van der Waals surface area contributed by atoms with Crippen molar-refractivity contribution in [2.24, 2.45) is 0 Å². The number of hydrogen-bond acceptors (Lipinski definition) is 5. The lowest BCUT2D eigenvalue weighted by Gasteiger charge is -2.15. The van der Waals surface area contributed by atoms with Crippen molar-refractivity contribution in [2.75, 3.05) is 13.1 Å². The van der Waals surface area contributed by atoms with Crippen LogP contribution in [0.15, 0.2) is 48.7 Å². The number of benzene rings is 1. The lowest BCUT2D eigenvalue weighted by atomic mass is 10.1. The zero-order valence-electron chi connectivity index (χ0n) is 18.8. The number of carboxylic acids is 1. The Kier molecular flexibility index (Phi) is 7.87. The Morgan fingerprint density at radius 2 is 1.82 bits per heavy atom. The van der Waals surface area contributed by atoms with E-state index in [2.05, 4.69) is 44.7 Å². The highest BCUT2D eigenvalue weighted by Crippen LogP contribution is 2.27. The number of rotatable bonds is 5. The van der Waals surface area contributed by atoms with Crippen molar-refractivity contribution in [2.45, 2.75) is 44.9 Å². The van der Waals surface area contributed by atoms with Crippen LogP contribution in [-0.2, 0) is 11.3 Å². The molecule has 2 N–H and O–H groups in total. The third-order valence-corrected chi connectivity index (χ3v) is 5.24. The second-order valence-electron chi connectivity index (χ2n) is 8.34. The van der Waals surface area contributed by atoms with Gasteiger partial charge in [0, 0.05) is 31.2 Å². The molecule has 0 bridgehead atoms. The third-order valence-electron chi connectivity index (χ3n) is 5.24. The molecule has 3 heterocycles. The van der Waals surface area contributed by atoms with Crippen molar-refractivity contribution < 1.29 is 27.9 Å². The van der Waals surface area contributed by atoms with Crippen LogP contribution < -0.4 is 5.32 Å². The quantitative estimate of drug-likeness (QED) is 0.584. The molecule has 1 amide bonds. The summed E-state index contributed by atoms with van der Waals surface area (Å²) in [5.41, 5.74) is 2.75. The zero-order chi connectivity index (χ0) is 24.9. The number of nitrogens with zero attached hydrogens (tertiary/aromatic N) is 4. The molecule has 4 rings (SSSR count). The average molecular weight is 477 g/mol. The van der Waals surface area contributed by atoms with Gasteiger partial charge in [-0.1, -0.05) is 30.3 Å². The van der Waals surface area contributed by atoms with Gasteiger partial charge in [0.25, 0.3) is 5.91 Å². The number of alkyl halides is 3. The molecule has 1 aliphatic heterocycles. The van der Waals surface area contributed by atoms with Gasteiger partial charge in [-0.15, -0.1) is 10.2 Å². The summed E-state index contributed by atoms with van der Waals surface area (Å²) in [6.07, 6.45) is -2.17. The smallest absolute Gasteiger partial charge is 0.475 e. The maximum absolute atomic E-state index is 12.3. The van der Waals surface area contributed by atoms with Gasteiger partial charge in [-0.3, -0.25) is 14.1 Å². The summed E-state index contributed by atoms with van der Waals surface area (Å²) in [5.74, 6) is -1.55. The van der Waals surface area contributed by atoms with Gasteiger partial charge < -0.3 is 10.4 Å². The molecule has 182 valence electrons. The molecule has 1 atom stereocenters. The van der Waals surface area contributed by atoms with Gasteiger partial charge in [-0.25, -0.2) is 4.79 Å². The minimum absolute atomic E-state index is 0.0660. The van der Waals surface area contributed by atoms with E-state index in [-0.39, 0.29) is 11.9 Å². The fourth-order valence-electron chi connectivity index (χ4n) is 3.70. The van der Waals surface area contributed by atoms with Crippen LogP contribution in [0.3, 0.4) is 0 Å². The number of fused-ring (bicyclic) bond motifs is 1. The van der Waals surface area contributed by atoms with Crippen molar-refractivity contribution in [3.63, 3.8) is 0 Å². The second-order valence-corrected chi connectivity index (χ2v) is 8.34. The summed E-state index contributed by atoms with van der Waals surface area (Å²) in [7, 11) is 0. The average Bonchev–Trinajstić information content (AvgIpc) is 3.40. The molecular weight excluding hydrogens is 451 g/mol. The van der Waals surface area contributed by atoms with Crippen LogP contribution in [0.25, 0.3) is 5.65 Å². The van der Waals surface area contributed by atoms with Crippen LogP contribution in [0.2, 0.25) is 0 Å². The van der Waals surface area contributed by atoms with E-state index in [1.807, 2.05) is 42.6 Å². The van der Waals surface area contributed by atoms with Crippen LogP contribution in [0, 0.1) is 0 Å². The van der Waals surface area contributed by atoms with Crippen LogP contribution in [0.4, 0.5) is 13.2 Å². The van der Waals surface area contributed by atoms with Gasteiger partial charge in [-0.2, -0.15) is 13.2 Å². The van der Waals surface area contributed by atoms with Gasteiger partial charge in [-0.05, 0) is 44.5 Å². The van der Waals surface area contributed by atoms with E-state index in [0.29, 0.717) is 11.5 Å². The van der Waals surface area contributed by atoms with E-state index in [1.54, 1.807) is 0 Å². The van der Waals surface area contributed by atoms with E-state index in [4.69, 9.17) is 9.90 Å². The molecule has 11 heteroatoms. The summed E-state index contributed by atoms with van der Waals surface area (Å²) in [5, 5.41) is 18.8. The summed E-state index contributed by atoms with van der Waals surface area (Å²) < 4.78 is 33.7. The highest BCUT2D eigenvalue weighted by molar-refractivity contribution is 5.94. The normalized spacial score (nSPS) is 16.4. The van der Waals surface area contributed by atoms with Crippen molar-refractivity contribution in [3.8, 4) is 0 Å². The molecule has 1 aromatic carbocycles. The summed E-state index contributed by atoms with van der Waals surface area (Å²) >= 11 is 0. The molecule has 1 aliphatic rings. The largest absolute Gasteiger partial charge is 0.490 e. The number of hydrogen-bond donors (Lipinski definition) is 2. The van der Waals surface area contributed by atoms with E-state index < -0.39 is 12.1 Å². The summed E-state index contributed by atoms with van der Waals surface area (Å²) in [6, 6.07) is 14.3. The number of likely N-dealkylation sites (tertiary alicyclic amines) is 1. The number of nitrogens with one attached hydrogen (secondary N) is 1. The zero-order valence-corrected chi connectivity index (χ0v) is 18.8. The van der Waals surface area contributed by atoms with Crippen molar-refractivity contribution in [1.29, 1.82) is 0 Å². The van der Waals surface area contributed by atoms with Crippen LogP contribution in [-0.4, -0.2) is 61.8 Å². The highest BCUT2D eigenvalue weighted by atomic mass is 19.4. The Bertz CT molecular complexity index is 1130. The van der Waals surface area contributed by atoms with Gasteiger partial charge in [0.1, 0.15) is 5.82 Å². The third kappa shape index (κ3) is 6.53. The topological polar surface area (TPSA) is 99.8 Å². The molecule has 0 saturated carbocycles. The van der Waals surface area contributed by atoms with Crippen molar-refractivity contribution in [3.05, 3.63) is 65.6 Å². The monoisotopic (exact) mass is 477 g/mol. The number of halogens is 3. The maximum Gasteiger partial charge on any atom is 0.490 e. The molecule has 34 heavy (non-hydrogen) atoms. The van der Waals surface area contributed by atoms with Crippen LogP contribution >= 0.6 is 0 Å². The first-order valence-electron chi connectivity index (χ1n) is 10.8. The molecule has 1 saturated heterocycles. The molecule has 0 spiro atoms. The first kappa shape index (κ1) is 25.2. The van der Waals surface area contributed by atoms with Gasteiger partial charge >= 0.3 is 12.1 Å². The molecule has 0 aliphatic carbocycles. The van der Waals surface area contributed by atoms with Crippen LogP contribution in [0.1, 0.15) is 47.9 Å². The Labute approximate surface area is 194 Å². The fourth-order valence-corrected chi connectivity index (χ4v) is 3.70. The fraction of sp³-hybridized carbons (Fsp3) is 0.391. The summed E-state index contributed by atoms with van der Waals surface area (Å²) in [6.45, 7) is 6.87. The molecular formula is C23H26F3N5O3. The number of carbonyl (C=O) groups is 2. The number of aromatic nitrogens is 3. The Hall–Kier alpha value is -3.47. The molecule has 8 nitrogen and oxygen atoms in total. The first-order chi connectivity index (χ1) is 16.0. The molecule has 3 aromatic rings.